The Morgan fingerprint density at radius 3 is 2.47 bits per heavy atom. The lowest BCUT2D eigenvalue weighted by Crippen LogP contribution is -2.48. The number of nitrogens with one attached hydrogen (secondary N) is 1. The average Bonchev–Trinajstić information content (AvgIpc) is 2.37. The van der Waals surface area contributed by atoms with Gasteiger partial charge in [0.05, 0.1) is 14.2 Å². The van der Waals surface area contributed by atoms with E-state index >= 15 is 0 Å². The Balaban J connectivity index is 2.98. The number of rotatable bonds is 5. The van der Waals surface area contributed by atoms with Crippen molar-refractivity contribution in [1.82, 2.24) is 5.32 Å². The van der Waals surface area contributed by atoms with Gasteiger partial charge in [-0.2, -0.15) is 0 Å². The van der Waals surface area contributed by atoms with Crippen LogP contribution in [0.2, 0.25) is 0 Å². The molecule has 0 aliphatic carbocycles. The van der Waals surface area contributed by atoms with Crippen molar-refractivity contribution in [1.29, 1.82) is 0 Å². The van der Waals surface area contributed by atoms with E-state index in [-0.39, 0.29) is 12.0 Å². The summed E-state index contributed by atoms with van der Waals surface area (Å²) in [6.07, 6.45) is 0. The van der Waals surface area contributed by atoms with E-state index in [1.165, 1.54) is 7.11 Å². The van der Waals surface area contributed by atoms with Crippen LogP contribution >= 0.6 is 0 Å². The molecule has 0 spiro atoms. The van der Waals surface area contributed by atoms with Crippen LogP contribution in [-0.2, 0) is 9.53 Å². The number of ether oxygens (including phenoxy) is 2. The van der Waals surface area contributed by atoms with E-state index in [0.29, 0.717) is 0 Å². The zero-order valence-corrected chi connectivity index (χ0v) is 12.5. The van der Waals surface area contributed by atoms with Crippen molar-refractivity contribution in [3.63, 3.8) is 0 Å². The fourth-order valence-electron chi connectivity index (χ4n) is 2.13. The lowest BCUT2D eigenvalue weighted by molar-refractivity contribution is -0.147. The molecule has 0 aliphatic heterocycles. The lowest BCUT2D eigenvalue weighted by Gasteiger charge is -2.28. The molecule has 0 fully saturated rings. The number of benzene rings is 1. The zero-order valence-electron chi connectivity index (χ0n) is 12.5. The number of carbonyl (C=O) groups is 1. The minimum absolute atomic E-state index is 0.0241. The second kappa shape index (κ2) is 6.06. The molecule has 1 N–H and O–H groups in total. The highest BCUT2D eigenvalue weighted by atomic mass is 16.5. The van der Waals surface area contributed by atoms with Crippen LogP contribution in [0.3, 0.4) is 0 Å². The topological polar surface area (TPSA) is 47.6 Å². The van der Waals surface area contributed by atoms with Gasteiger partial charge < -0.3 is 9.47 Å². The summed E-state index contributed by atoms with van der Waals surface area (Å²) in [6, 6.07) is 5.97. The van der Waals surface area contributed by atoms with E-state index in [9.17, 15) is 4.79 Å². The first kappa shape index (κ1) is 15.5. The Labute approximate surface area is 115 Å². The molecule has 1 aromatic rings. The van der Waals surface area contributed by atoms with Crippen molar-refractivity contribution in [2.75, 3.05) is 14.2 Å². The first-order chi connectivity index (χ1) is 8.81. The largest absolute Gasteiger partial charge is 0.496 e. The number of methoxy groups -OCH3 is 2. The predicted molar refractivity (Wildman–Crippen MR) is 75.4 cm³/mol. The van der Waals surface area contributed by atoms with Crippen LogP contribution in [0.4, 0.5) is 0 Å². The van der Waals surface area contributed by atoms with Crippen molar-refractivity contribution in [2.24, 2.45) is 0 Å². The third kappa shape index (κ3) is 3.70. The molecule has 0 saturated heterocycles. The van der Waals surface area contributed by atoms with Crippen LogP contribution in [0.5, 0.6) is 5.75 Å². The van der Waals surface area contributed by atoms with Gasteiger partial charge in [0.1, 0.15) is 11.3 Å². The maximum Gasteiger partial charge on any atom is 0.325 e. The normalized spacial score (nSPS) is 12.9. The summed E-state index contributed by atoms with van der Waals surface area (Å²) < 4.78 is 10.2. The van der Waals surface area contributed by atoms with E-state index in [0.717, 1.165) is 16.9 Å². The minimum atomic E-state index is -0.747. The molecule has 0 heterocycles. The lowest BCUT2D eigenvalue weighted by atomic mass is 9.99. The van der Waals surface area contributed by atoms with E-state index in [1.807, 2.05) is 26.0 Å². The minimum Gasteiger partial charge on any atom is -0.496 e. The van der Waals surface area contributed by atoms with Crippen molar-refractivity contribution in [3.8, 4) is 5.75 Å². The van der Waals surface area contributed by atoms with Gasteiger partial charge in [0, 0.05) is 11.6 Å². The molecule has 1 aromatic carbocycles. The molecule has 106 valence electrons. The zero-order chi connectivity index (χ0) is 14.6. The van der Waals surface area contributed by atoms with Crippen molar-refractivity contribution in [3.05, 3.63) is 29.3 Å². The quantitative estimate of drug-likeness (QED) is 0.831. The van der Waals surface area contributed by atoms with E-state index in [4.69, 9.17) is 9.47 Å². The number of carbonyl (C=O) groups excluding carboxylic acids is 1. The van der Waals surface area contributed by atoms with Crippen molar-refractivity contribution < 1.29 is 14.3 Å². The van der Waals surface area contributed by atoms with Gasteiger partial charge in [0.2, 0.25) is 0 Å². The number of esters is 1. The van der Waals surface area contributed by atoms with E-state index in [2.05, 4.69) is 11.4 Å². The molecule has 4 nitrogen and oxygen atoms in total. The van der Waals surface area contributed by atoms with Crippen LogP contribution in [0.15, 0.2) is 18.2 Å². The maximum atomic E-state index is 11.7. The fourth-order valence-corrected chi connectivity index (χ4v) is 2.13. The third-order valence-corrected chi connectivity index (χ3v) is 3.12. The fraction of sp³-hybridized carbons (Fsp3) is 0.533. The van der Waals surface area contributed by atoms with Crippen molar-refractivity contribution in [2.45, 2.75) is 39.3 Å². The van der Waals surface area contributed by atoms with Gasteiger partial charge in [-0.15, -0.1) is 0 Å². The summed E-state index contributed by atoms with van der Waals surface area (Å²) in [6.45, 7) is 7.64. The van der Waals surface area contributed by atoms with Crippen LogP contribution in [0, 0.1) is 6.92 Å². The Morgan fingerprint density at radius 2 is 1.95 bits per heavy atom. The van der Waals surface area contributed by atoms with Crippen LogP contribution in [0.25, 0.3) is 0 Å². The van der Waals surface area contributed by atoms with E-state index in [1.54, 1.807) is 21.0 Å². The summed E-state index contributed by atoms with van der Waals surface area (Å²) in [5.74, 6) is 0.525. The molecule has 0 amide bonds. The highest BCUT2D eigenvalue weighted by Crippen LogP contribution is 2.27. The number of hydrogen-bond acceptors (Lipinski definition) is 4. The highest BCUT2D eigenvalue weighted by Gasteiger charge is 2.30. The average molecular weight is 265 g/mol. The Kier molecular flexibility index (Phi) is 4.95. The van der Waals surface area contributed by atoms with Gasteiger partial charge in [-0.05, 0) is 33.8 Å². The van der Waals surface area contributed by atoms with E-state index < -0.39 is 5.54 Å². The molecular formula is C15H23NO3. The molecule has 1 atom stereocenters. The molecule has 19 heavy (non-hydrogen) atoms. The molecule has 0 radical (unpaired) electrons. The van der Waals surface area contributed by atoms with Gasteiger partial charge in [-0.3, -0.25) is 10.1 Å². The Morgan fingerprint density at radius 1 is 1.32 bits per heavy atom. The summed E-state index contributed by atoms with van der Waals surface area (Å²) in [5.41, 5.74) is 1.43. The second-order valence-electron chi connectivity index (χ2n) is 5.23. The molecule has 0 saturated carbocycles. The smallest absolute Gasteiger partial charge is 0.325 e. The first-order valence-corrected chi connectivity index (χ1v) is 6.32. The Hall–Kier alpha value is -1.55. The highest BCUT2D eigenvalue weighted by molar-refractivity contribution is 5.79. The van der Waals surface area contributed by atoms with Crippen LogP contribution in [0.1, 0.15) is 37.9 Å². The molecule has 1 rings (SSSR count). The number of aryl methyl sites for hydroxylation is 1. The molecule has 4 heteroatoms. The number of hydrogen-bond donors (Lipinski definition) is 1. The predicted octanol–water partition coefficient (Wildman–Crippen LogP) is 2.61. The molecule has 1 unspecified atom stereocenters. The summed E-state index contributed by atoms with van der Waals surface area (Å²) in [7, 11) is 3.04. The molecule has 0 aromatic heterocycles. The van der Waals surface area contributed by atoms with Gasteiger partial charge >= 0.3 is 5.97 Å². The molecular weight excluding hydrogens is 242 g/mol. The maximum absolute atomic E-state index is 11.7. The van der Waals surface area contributed by atoms with Gasteiger partial charge in [0.15, 0.2) is 0 Å². The standard InChI is InChI=1S/C15H23NO3/c1-10-7-8-13(18-5)12(9-10)11(2)16-15(3,4)14(17)19-6/h7-9,11,16H,1-6H3. The van der Waals surface area contributed by atoms with Gasteiger partial charge in [-0.1, -0.05) is 17.7 Å². The van der Waals surface area contributed by atoms with Crippen molar-refractivity contribution >= 4 is 5.97 Å². The third-order valence-electron chi connectivity index (χ3n) is 3.12. The monoisotopic (exact) mass is 265 g/mol. The summed E-state index contributed by atoms with van der Waals surface area (Å²) >= 11 is 0. The molecule has 0 aliphatic rings. The Bertz CT molecular complexity index is 455. The van der Waals surface area contributed by atoms with Crippen LogP contribution in [-0.4, -0.2) is 25.7 Å². The SMILES string of the molecule is COC(=O)C(C)(C)NC(C)c1cc(C)ccc1OC. The van der Waals surface area contributed by atoms with Gasteiger partial charge in [-0.25, -0.2) is 0 Å². The first-order valence-electron chi connectivity index (χ1n) is 6.32. The van der Waals surface area contributed by atoms with Gasteiger partial charge in [0.25, 0.3) is 0 Å². The molecule has 0 bridgehead atoms. The summed E-state index contributed by atoms with van der Waals surface area (Å²) in [5, 5.41) is 3.27. The van der Waals surface area contributed by atoms with Crippen LogP contribution < -0.4 is 10.1 Å². The summed E-state index contributed by atoms with van der Waals surface area (Å²) in [4.78, 5) is 11.7. The second-order valence-corrected chi connectivity index (χ2v) is 5.23.